The summed E-state index contributed by atoms with van der Waals surface area (Å²) in [6, 6.07) is 0. The van der Waals surface area contributed by atoms with Crippen molar-refractivity contribution in [2.45, 2.75) is 19.3 Å². The Bertz CT molecular complexity index is 432. The topological polar surface area (TPSA) is 61.8 Å². The van der Waals surface area contributed by atoms with Gasteiger partial charge < -0.3 is 14.2 Å². The van der Waals surface area contributed by atoms with Gasteiger partial charge >= 0.3 is 0 Å². The van der Waals surface area contributed by atoms with Crippen molar-refractivity contribution in [1.29, 1.82) is 0 Å². The fraction of sp³-hybridized carbons (Fsp3) is 0.538. The van der Waals surface area contributed by atoms with Gasteiger partial charge in [0.15, 0.2) is 0 Å². The van der Waals surface area contributed by atoms with E-state index in [1.807, 2.05) is 0 Å². The summed E-state index contributed by atoms with van der Waals surface area (Å²) in [4.78, 5) is 24.9. The summed E-state index contributed by atoms with van der Waals surface area (Å²) in [5.41, 5.74) is -0.436. The fourth-order valence-electron chi connectivity index (χ4n) is 2.81. The molecule has 0 aromatic rings. The Morgan fingerprint density at radius 3 is 2.06 bits per heavy atom. The minimum atomic E-state index is -1.15. The van der Waals surface area contributed by atoms with Gasteiger partial charge in [0.05, 0.1) is 27.6 Å². The van der Waals surface area contributed by atoms with E-state index in [4.69, 9.17) is 14.2 Å². The van der Waals surface area contributed by atoms with Crippen LogP contribution in [-0.2, 0) is 23.8 Å². The standard InChI is InChI=1S/C13H16O5/c1-16-7-8-5-4-6-13(8)11(14)9(17-2)10(18-3)12(13)15/h7H,4-6H2,1-3H3/b8-7+. The van der Waals surface area contributed by atoms with Gasteiger partial charge in [-0.15, -0.1) is 0 Å². The Balaban J connectivity index is 2.53. The van der Waals surface area contributed by atoms with E-state index in [0.717, 1.165) is 6.42 Å². The number of rotatable bonds is 3. The molecule has 0 radical (unpaired) electrons. The van der Waals surface area contributed by atoms with Crippen LogP contribution >= 0.6 is 0 Å². The third kappa shape index (κ3) is 1.39. The van der Waals surface area contributed by atoms with Crippen molar-refractivity contribution in [3.05, 3.63) is 23.4 Å². The first-order valence-corrected chi connectivity index (χ1v) is 5.77. The van der Waals surface area contributed by atoms with Crippen LogP contribution in [0.3, 0.4) is 0 Å². The molecule has 0 unspecified atom stereocenters. The zero-order chi connectivity index (χ0) is 13.3. The average molecular weight is 252 g/mol. The third-order valence-electron chi connectivity index (χ3n) is 3.61. The van der Waals surface area contributed by atoms with E-state index in [1.54, 1.807) is 0 Å². The van der Waals surface area contributed by atoms with Crippen LogP contribution in [0.2, 0.25) is 0 Å². The highest BCUT2D eigenvalue weighted by molar-refractivity contribution is 6.28. The molecule has 0 bridgehead atoms. The van der Waals surface area contributed by atoms with Crippen LogP contribution in [0.1, 0.15) is 19.3 Å². The molecular formula is C13H16O5. The highest BCUT2D eigenvalue weighted by atomic mass is 16.5. The van der Waals surface area contributed by atoms with Crippen molar-refractivity contribution in [2.75, 3.05) is 21.3 Å². The van der Waals surface area contributed by atoms with Crippen LogP contribution in [-0.4, -0.2) is 32.9 Å². The summed E-state index contributed by atoms with van der Waals surface area (Å²) < 4.78 is 15.0. The van der Waals surface area contributed by atoms with Gasteiger partial charge in [0.25, 0.3) is 0 Å². The second-order valence-corrected chi connectivity index (χ2v) is 4.36. The van der Waals surface area contributed by atoms with Gasteiger partial charge in [-0.1, -0.05) is 0 Å². The Hall–Kier alpha value is -1.78. The largest absolute Gasteiger partial charge is 0.504 e. The number of allylic oxidation sites excluding steroid dienone is 3. The second kappa shape index (κ2) is 4.48. The number of Topliss-reactive ketones (excluding diaryl/α,β-unsaturated/α-hetero) is 2. The molecule has 0 N–H and O–H groups in total. The van der Waals surface area contributed by atoms with E-state index in [-0.39, 0.29) is 23.1 Å². The molecule has 2 rings (SSSR count). The molecule has 0 aromatic heterocycles. The predicted octanol–water partition coefficient (Wildman–Crippen LogP) is 1.34. The molecule has 0 amide bonds. The smallest absolute Gasteiger partial charge is 0.219 e. The van der Waals surface area contributed by atoms with Gasteiger partial charge in [0.2, 0.25) is 23.1 Å². The molecule has 1 saturated carbocycles. The molecule has 0 aromatic carbocycles. The van der Waals surface area contributed by atoms with Gasteiger partial charge in [0, 0.05) is 0 Å². The van der Waals surface area contributed by atoms with Crippen LogP contribution < -0.4 is 0 Å². The molecule has 2 aliphatic carbocycles. The number of hydrogen-bond acceptors (Lipinski definition) is 5. The summed E-state index contributed by atoms with van der Waals surface area (Å²) >= 11 is 0. The quantitative estimate of drug-likeness (QED) is 0.560. The molecule has 0 atom stereocenters. The van der Waals surface area contributed by atoms with Gasteiger partial charge in [0.1, 0.15) is 5.41 Å². The molecule has 5 nitrogen and oxygen atoms in total. The monoisotopic (exact) mass is 252 g/mol. The number of hydrogen-bond donors (Lipinski definition) is 0. The van der Waals surface area contributed by atoms with E-state index in [9.17, 15) is 9.59 Å². The Morgan fingerprint density at radius 1 is 1.06 bits per heavy atom. The molecule has 2 aliphatic rings. The Kier molecular flexibility index (Phi) is 3.15. The molecule has 18 heavy (non-hydrogen) atoms. The van der Waals surface area contributed by atoms with E-state index < -0.39 is 5.41 Å². The Morgan fingerprint density at radius 2 is 1.61 bits per heavy atom. The molecule has 98 valence electrons. The summed E-state index contributed by atoms with van der Waals surface area (Å²) in [6.07, 6.45) is 3.44. The van der Waals surface area contributed by atoms with Crippen molar-refractivity contribution in [3.8, 4) is 0 Å². The minimum Gasteiger partial charge on any atom is -0.504 e. The highest BCUT2D eigenvalue weighted by Gasteiger charge is 2.60. The lowest BCUT2D eigenvalue weighted by atomic mass is 9.78. The SMILES string of the molecule is CO/C=C1\CCCC12C(=O)C(OC)=C(OC)C2=O. The van der Waals surface area contributed by atoms with Gasteiger partial charge in [-0.3, -0.25) is 9.59 Å². The average Bonchev–Trinajstić information content (AvgIpc) is 2.87. The summed E-state index contributed by atoms with van der Waals surface area (Å²) in [5, 5.41) is 0. The maximum Gasteiger partial charge on any atom is 0.219 e. The first kappa shape index (κ1) is 12.7. The van der Waals surface area contributed by atoms with Crippen LogP contribution in [0.25, 0.3) is 0 Å². The Labute approximate surface area is 105 Å². The first-order chi connectivity index (χ1) is 8.63. The van der Waals surface area contributed by atoms with E-state index in [0.29, 0.717) is 18.4 Å². The predicted molar refractivity (Wildman–Crippen MR) is 62.4 cm³/mol. The highest BCUT2D eigenvalue weighted by Crippen LogP contribution is 2.51. The number of carbonyl (C=O) groups excluding carboxylic acids is 2. The summed E-state index contributed by atoms with van der Waals surface area (Å²) in [6.45, 7) is 0. The van der Waals surface area contributed by atoms with Crippen molar-refractivity contribution < 1.29 is 23.8 Å². The van der Waals surface area contributed by atoms with Crippen molar-refractivity contribution in [3.63, 3.8) is 0 Å². The van der Waals surface area contributed by atoms with E-state index in [2.05, 4.69) is 0 Å². The van der Waals surface area contributed by atoms with Gasteiger partial charge in [-0.2, -0.15) is 0 Å². The minimum absolute atomic E-state index is 0.0198. The number of ketones is 2. The van der Waals surface area contributed by atoms with Crippen LogP contribution in [0, 0.1) is 5.41 Å². The van der Waals surface area contributed by atoms with Crippen molar-refractivity contribution in [1.82, 2.24) is 0 Å². The summed E-state index contributed by atoms with van der Waals surface area (Å²) in [5.74, 6) is -0.585. The molecule has 1 fully saturated rings. The fourth-order valence-corrected chi connectivity index (χ4v) is 2.81. The third-order valence-corrected chi connectivity index (χ3v) is 3.61. The molecule has 0 heterocycles. The lowest BCUT2D eigenvalue weighted by molar-refractivity contribution is -0.133. The lowest BCUT2D eigenvalue weighted by Gasteiger charge is -2.21. The molecule has 5 heteroatoms. The first-order valence-electron chi connectivity index (χ1n) is 5.77. The molecule has 1 spiro atoms. The molecule has 0 saturated heterocycles. The maximum absolute atomic E-state index is 12.4. The number of methoxy groups -OCH3 is 3. The van der Waals surface area contributed by atoms with Crippen molar-refractivity contribution >= 4 is 11.6 Å². The van der Waals surface area contributed by atoms with Crippen molar-refractivity contribution in [2.24, 2.45) is 5.41 Å². The van der Waals surface area contributed by atoms with Crippen LogP contribution in [0.4, 0.5) is 0 Å². The zero-order valence-electron chi connectivity index (χ0n) is 10.7. The number of ether oxygens (including phenoxy) is 3. The van der Waals surface area contributed by atoms with E-state index >= 15 is 0 Å². The normalized spacial score (nSPS) is 24.3. The molecular weight excluding hydrogens is 236 g/mol. The second-order valence-electron chi connectivity index (χ2n) is 4.36. The van der Waals surface area contributed by atoms with Gasteiger partial charge in [-0.25, -0.2) is 0 Å². The number of carbonyl (C=O) groups is 2. The summed E-state index contributed by atoms with van der Waals surface area (Å²) in [7, 11) is 4.24. The molecule has 0 aliphatic heterocycles. The van der Waals surface area contributed by atoms with Gasteiger partial charge in [-0.05, 0) is 24.8 Å². The van der Waals surface area contributed by atoms with Crippen LogP contribution in [0.5, 0.6) is 0 Å². The van der Waals surface area contributed by atoms with Crippen LogP contribution in [0.15, 0.2) is 23.4 Å². The maximum atomic E-state index is 12.4. The zero-order valence-corrected chi connectivity index (χ0v) is 10.7. The van der Waals surface area contributed by atoms with E-state index in [1.165, 1.54) is 27.6 Å². The lowest BCUT2D eigenvalue weighted by Crippen LogP contribution is -2.34.